The molecule has 0 spiro atoms. The molecule has 0 aliphatic carbocycles. The third-order valence-electron chi connectivity index (χ3n) is 4.62. The molecule has 152 valence electrons. The van der Waals surface area contributed by atoms with Gasteiger partial charge in [0.25, 0.3) is 0 Å². The van der Waals surface area contributed by atoms with Gasteiger partial charge in [0.1, 0.15) is 11.6 Å². The van der Waals surface area contributed by atoms with Gasteiger partial charge in [0.05, 0.1) is 0 Å². The molecule has 0 atom stereocenters. The molecule has 0 aromatic carbocycles. The van der Waals surface area contributed by atoms with Crippen LogP contribution in [-0.4, -0.2) is 67.1 Å². The molecule has 2 N–H and O–H groups in total. The second-order valence-electron chi connectivity index (χ2n) is 6.48. The number of halogens is 1. The average molecular weight is 495 g/mol. The zero-order chi connectivity index (χ0) is 18.7. The third kappa shape index (κ3) is 6.81. The molecule has 0 saturated carbocycles. The van der Waals surface area contributed by atoms with Crippen LogP contribution in [0.3, 0.4) is 0 Å². The highest BCUT2D eigenvalue weighted by Crippen LogP contribution is 2.12. The first-order valence-corrected chi connectivity index (χ1v) is 9.63. The standard InChI is InChI=1S/C20H29N7.HI/c1-21-20(25-13-7-6-11-23-18-8-2-4-10-22-18)27-16-14-26(15-17-27)19-9-3-5-12-24-19;/h2-5,8-10,12H,6-7,11,13-17H2,1H3,(H,21,25)(H,22,23);1H. The maximum Gasteiger partial charge on any atom is 0.193 e. The van der Waals surface area contributed by atoms with Crippen LogP contribution in [-0.2, 0) is 0 Å². The van der Waals surface area contributed by atoms with E-state index in [9.17, 15) is 0 Å². The number of piperazine rings is 1. The van der Waals surface area contributed by atoms with Gasteiger partial charge >= 0.3 is 0 Å². The summed E-state index contributed by atoms with van der Waals surface area (Å²) in [5.41, 5.74) is 0. The Morgan fingerprint density at radius 2 is 1.68 bits per heavy atom. The van der Waals surface area contributed by atoms with E-state index < -0.39 is 0 Å². The van der Waals surface area contributed by atoms with Gasteiger partial charge in [-0.25, -0.2) is 9.97 Å². The van der Waals surface area contributed by atoms with E-state index in [1.165, 1.54) is 0 Å². The molecule has 7 nitrogen and oxygen atoms in total. The summed E-state index contributed by atoms with van der Waals surface area (Å²) >= 11 is 0. The SMILES string of the molecule is CN=C(NCCCCNc1ccccn1)N1CCN(c2ccccn2)CC1.I. The first kappa shape index (κ1) is 22.2. The Morgan fingerprint density at radius 3 is 2.32 bits per heavy atom. The van der Waals surface area contributed by atoms with E-state index in [2.05, 4.69) is 41.5 Å². The fraction of sp³-hybridized carbons (Fsp3) is 0.450. The van der Waals surface area contributed by atoms with Crippen molar-refractivity contribution in [1.29, 1.82) is 0 Å². The number of aromatic nitrogens is 2. The number of hydrogen-bond donors (Lipinski definition) is 2. The van der Waals surface area contributed by atoms with Gasteiger partial charge in [-0.05, 0) is 37.1 Å². The first-order chi connectivity index (χ1) is 13.4. The van der Waals surface area contributed by atoms with E-state index in [0.29, 0.717) is 0 Å². The molecule has 1 fully saturated rings. The second kappa shape index (κ2) is 12.4. The van der Waals surface area contributed by atoms with Gasteiger partial charge in [-0.3, -0.25) is 4.99 Å². The molecule has 1 aliphatic heterocycles. The van der Waals surface area contributed by atoms with Crippen LogP contribution in [0.25, 0.3) is 0 Å². The van der Waals surface area contributed by atoms with E-state index >= 15 is 0 Å². The Kier molecular flexibility index (Phi) is 9.81. The van der Waals surface area contributed by atoms with Crippen molar-refractivity contribution in [1.82, 2.24) is 20.2 Å². The van der Waals surface area contributed by atoms with Crippen LogP contribution in [0.1, 0.15) is 12.8 Å². The lowest BCUT2D eigenvalue weighted by atomic mass is 10.3. The summed E-state index contributed by atoms with van der Waals surface area (Å²) < 4.78 is 0. The molecule has 8 heteroatoms. The Labute approximate surface area is 184 Å². The predicted molar refractivity (Wildman–Crippen MR) is 127 cm³/mol. The molecule has 0 amide bonds. The first-order valence-electron chi connectivity index (χ1n) is 9.63. The van der Waals surface area contributed by atoms with Crippen LogP contribution in [0.15, 0.2) is 53.8 Å². The van der Waals surface area contributed by atoms with Crippen molar-refractivity contribution in [2.75, 3.05) is 56.5 Å². The molecule has 0 radical (unpaired) electrons. The van der Waals surface area contributed by atoms with E-state index in [4.69, 9.17) is 0 Å². The highest BCUT2D eigenvalue weighted by Gasteiger charge is 2.19. The molecule has 0 bridgehead atoms. The van der Waals surface area contributed by atoms with Crippen LogP contribution >= 0.6 is 24.0 Å². The maximum absolute atomic E-state index is 4.45. The summed E-state index contributed by atoms with van der Waals surface area (Å²) in [6, 6.07) is 12.0. The second-order valence-corrected chi connectivity index (χ2v) is 6.48. The van der Waals surface area contributed by atoms with Crippen molar-refractivity contribution >= 4 is 41.6 Å². The number of unbranched alkanes of at least 4 members (excludes halogenated alkanes) is 1. The Balaban J connectivity index is 0.00000280. The van der Waals surface area contributed by atoms with Crippen LogP contribution in [0, 0.1) is 0 Å². The normalized spacial score (nSPS) is 14.4. The summed E-state index contributed by atoms with van der Waals surface area (Å²) in [6.45, 7) is 5.70. The molecular weight excluding hydrogens is 465 g/mol. The summed E-state index contributed by atoms with van der Waals surface area (Å²) in [5, 5.41) is 6.83. The van der Waals surface area contributed by atoms with Crippen LogP contribution in [0.5, 0.6) is 0 Å². The number of nitrogens with zero attached hydrogens (tertiary/aromatic N) is 5. The minimum absolute atomic E-state index is 0. The number of hydrogen-bond acceptors (Lipinski definition) is 5. The molecule has 3 heterocycles. The molecule has 1 saturated heterocycles. The molecule has 1 aliphatic rings. The van der Waals surface area contributed by atoms with Gasteiger partial charge in [0, 0.05) is 58.7 Å². The van der Waals surface area contributed by atoms with Crippen LogP contribution in [0.4, 0.5) is 11.6 Å². The monoisotopic (exact) mass is 495 g/mol. The lowest BCUT2D eigenvalue weighted by molar-refractivity contribution is 0.371. The zero-order valence-electron chi connectivity index (χ0n) is 16.4. The van der Waals surface area contributed by atoms with Crippen molar-refractivity contribution < 1.29 is 0 Å². The highest BCUT2D eigenvalue weighted by atomic mass is 127. The molecular formula is C20H30IN7. The Morgan fingerprint density at radius 1 is 0.964 bits per heavy atom. The van der Waals surface area contributed by atoms with Crippen molar-refractivity contribution in [3.8, 4) is 0 Å². The quantitative estimate of drug-likeness (QED) is 0.267. The molecule has 28 heavy (non-hydrogen) atoms. The minimum Gasteiger partial charge on any atom is -0.370 e. The van der Waals surface area contributed by atoms with Crippen molar-refractivity contribution in [3.05, 3.63) is 48.8 Å². The van der Waals surface area contributed by atoms with E-state index in [0.717, 1.165) is 69.7 Å². The highest BCUT2D eigenvalue weighted by molar-refractivity contribution is 14.0. The zero-order valence-corrected chi connectivity index (χ0v) is 18.8. The summed E-state index contributed by atoms with van der Waals surface area (Å²) in [6.07, 6.45) is 5.84. The fourth-order valence-corrected chi connectivity index (χ4v) is 3.15. The predicted octanol–water partition coefficient (Wildman–Crippen LogP) is 2.68. The number of pyridine rings is 2. The summed E-state index contributed by atoms with van der Waals surface area (Å²) in [5.74, 6) is 2.99. The maximum atomic E-state index is 4.45. The van der Waals surface area contributed by atoms with E-state index in [1.807, 2.05) is 49.8 Å². The van der Waals surface area contributed by atoms with E-state index in [1.54, 1.807) is 0 Å². The lowest BCUT2D eigenvalue weighted by Gasteiger charge is -2.37. The van der Waals surface area contributed by atoms with Gasteiger partial charge in [-0.2, -0.15) is 0 Å². The number of guanidine groups is 1. The topological polar surface area (TPSA) is 68.7 Å². The Bertz CT molecular complexity index is 688. The van der Waals surface area contributed by atoms with Gasteiger partial charge in [-0.1, -0.05) is 12.1 Å². The molecule has 2 aromatic heterocycles. The largest absolute Gasteiger partial charge is 0.370 e. The molecule has 3 rings (SSSR count). The number of aliphatic imine (C=N–C) groups is 1. The Hall–Kier alpha value is -2.10. The summed E-state index contributed by atoms with van der Waals surface area (Å²) in [4.78, 5) is 17.8. The number of rotatable bonds is 7. The fourth-order valence-electron chi connectivity index (χ4n) is 3.15. The number of nitrogens with one attached hydrogen (secondary N) is 2. The van der Waals surface area contributed by atoms with E-state index in [-0.39, 0.29) is 24.0 Å². The van der Waals surface area contributed by atoms with Gasteiger partial charge in [0.2, 0.25) is 0 Å². The van der Waals surface area contributed by atoms with Gasteiger partial charge < -0.3 is 20.4 Å². The van der Waals surface area contributed by atoms with Crippen molar-refractivity contribution in [2.45, 2.75) is 12.8 Å². The third-order valence-corrected chi connectivity index (χ3v) is 4.62. The minimum atomic E-state index is 0. The average Bonchev–Trinajstić information content (AvgIpc) is 2.75. The molecule has 2 aromatic rings. The smallest absolute Gasteiger partial charge is 0.193 e. The van der Waals surface area contributed by atoms with Crippen molar-refractivity contribution in [3.63, 3.8) is 0 Å². The van der Waals surface area contributed by atoms with Crippen LogP contribution in [0.2, 0.25) is 0 Å². The van der Waals surface area contributed by atoms with Gasteiger partial charge in [-0.15, -0.1) is 24.0 Å². The lowest BCUT2D eigenvalue weighted by Crippen LogP contribution is -2.52. The van der Waals surface area contributed by atoms with Gasteiger partial charge in [0.15, 0.2) is 5.96 Å². The number of anilines is 2. The van der Waals surface area contributed by atoms with Crippen LogP contribution < -0.4 is 15.5 Å². The molecule has 0 unspecified atom stereocenters. The summed E-state index contributed by atoms with van der Waals surface area (Å²) in [7, 11) is 1.86. The van der Waals surface area contributed by atoms with Crippen molar-refractivity contribution in [2.24, 2.45) is 4.99 Å².